The van der Waals surface area contributed by atoms with Crippen LogP contribution in [-0.2, 0) is 11.3 Å². The summed E-state index contributed by atoms with van der Waals surface area (Å²) in [6, 6.07) is 17.3. The van der Waals surface area contributed by atoms with Crippen molar-refractivity contribution in [2.45, 2.75) is 20.4 Å². The van der Waals surface area contributed by atoms with Crippen molar-refractivity contribution in [3.05, 3.63) is 76.6 Å². The van der Waals surface area contributed by atoms with E-state index in [-0.39, 0.29) is 6.61 Å². The molecular weight excluding hydrogens is 428 g/mol. The Morgan fingerprint density at radius 1 is 1.16 bits per heavy atom. The van der Waals surface area contributed by atoms with Crippen molar-refractivity contribution >= 4 is 28.6 Å². The Morgan fingerprint density at radius 2 is 1.94 bits per heavy atom. The Morgan fingerprint density at radius 3 is 2.62 bits per heavy atom. The molecule has 0 aliphatic carbocycles. The van der Waals surface area contributed by atoms with E-state index in [2.05, 4.69) is 11.1 Å². The SMILES string of the molecule is CCOC(=O)c1cccc2nc(OCC)n(Cc3ccc(-n4cc(Cl)cc4C#N)cc3)c12. The van der Waals surface area contributed by atoms with Crippen molar-refractivity contribution in [2.75, 3.05) is 13.2 Å². The zero-order chi connectivity index (χ0) is 22.7. The van der Waals surface area contributed by atoms with Gasteiger partial charge in [-0.05, 0) is 49.7 Å². The summed E-state index contributed by atoms with van der Waals surface area (Å²) in [6.07, 6.45) is 1.71. The maximum Gasteiger partial charge on any atom is 0.340 e. The Bertz CT molecular complexity index is 1320. The van der Waals surface area contributed by atoms with Crippen molar-refractivity contribution in [1.29, 1.82) is 5.26 Å². The first-order valence-corrected chi connectivity index (χ1v) is 10.6. The van der Waals surface area contributed by atoms with Gasteiger partial charge >= 0.3 is 5.97 Å². The molecule has 4 rings (SSSR count). The maximum absolute atomic E-state index is 12.6. The van der Waals surface area contributed by atoms with E-state index in [4.69, 9.17) is 21.1 Å². The normalized spacial score (nSPS) is 10.8. The lowest BCUT2D eigenvalue weighted by atomic mass is 10.1. The molecule has 8 heteroatoms. The van der Waals surface area contributed by atoms with Gasteiger partial charge in [-0.1, -0.05) is 29.8 Å². The molecule has 0 bridgehead atoms. The summed E-state index contributed by atoms with van der Waals surface area (Å²) in [5, 5.41) is 9.82. The van der Waals surface area contributed by atoms with Gasteiger partial charge in [-0.3, -0.25) is 4.57 Å². The number of ether oxygens (including phenoxy) is 2. The second-order valence-corrected chi connectivity index (χ2v) is 7.44. The molecule has 7 nitrogen and oxygen atoms in total. The minimum atomic E-state index is -0.397. The first-order valence-electron chi connectivity index (χ1n) is 10.2. The molecule has 0 amide bonds. The highest BCUT2D eigenvalue weighted by Crippen LogP contribution is 2.27. The Hall–Kier alpha value is -3.76. The number of aromatic nitrogens is 3. The molecule has 0 unspecified atom stereocenters. The number of carbonyl (C=O) groups excluding carboxylic acids is 1. The van der Waals surface area contributed by atoms with Crippen LogP contribution in [0.5, 0.6) is 6.01 Å². The van der Waals surface area contributed by atoms with E-state index in [0.29, 0.717) is 46.5 Å². The molecule has 2 heterocycles. The first-order chi connectivity index (χ1) is 15.5. The van der Waals surface area contributed by atoms with Gasteiger partial charge in [0.2, 0.25) is 0 Å². The lowest BCUT2D eigenvalue weighted by Gasteiger charge is -2.12. The monoisotopic (exact) mass is 448 g/mol. The Labute approximate surface area is 190 Å². The van der Waals surface area contributed by atoms with Crippen LogP contribution in [0.15, 0.2) is 54.7 Å². The highest BCUT2D eigenvalue weighted by Gasteiger charge is 2.20. The third kappa shape index (κ3) is 4.05. The van der Waals surface area contributed by atoms with Gasteiger partial charge in [0.15, 0.2) is 0 Å². The summed E-state index contributed by atoms with van der Waals surface area (Å²) in [4.78, 5) is 17.1. The fourth-order valence-electron chi connectivity index (χ4n) is 3.60. The number of rotatable bonds is 7. The average Bonchev–Trinajstić information content (AvgIpc) is 3.34. The second-order valence-electron chi connectivity index (χ2n) is 7.00. The fraction of sp³-hybridized carbons (Fsp3) is 0.208. The van der Waals surface area contributed by atoms with Gasteiger partial charge in [-0.2, -0.15) is 10.2 Å². The summed E-state index contributed by atoms with van der Waals surface area (Å²) in [7, 11) is 0. The molecule has 2 aromatic heterocycles. The molecule has 32 heavy (non-hydrogen) atoms. The molecule has 0 aliphatic rings. The number of hydrogen-bond donors (Lipinski definition) is 0. The number of benzene rings is 2. The lowest BCUT2D eigenvalue weighted by molar-refractivity contribution is 0.0528. The van der Waals surface area contributed by atoms with E-state index in [1.807, 2.05) is 41.8 Å². The molecule has 0 spiro atoms. The average molecular weight is 449 g/mol. The van der Waals surface area contributed by atoms with E-state index < -0.39 is 5.97 Å². The minimum absolute atomic E-state index is 0.289. The van der Waals surface area contributed by atoms with Crippen LogP contribution in [0.2, 0.25) is 5.02 Å². The van der Waals surface area contributed by atoms with Crippen LogP contribution in [0.25, 0.3) is 16.7 Å². The van der Waals surface area contributed by atoms with Gasteiger partial charge < -0.3 is 14.0 Å². The zero-order valence-corrected chi connectivity index (χ0v) is 18.5. The van der Waals surface area contributed by atoms with E-state index in [1.165, 1.54) is 0 Å². The number of para-hydroxylation sites is 1. The van der Waals surface area contributed by atoms with Gasteiger partial charge in [-0.25, -0.2) is 4.79 Å². The van der Waals surface area contributed by atoms with Crippen LogP contribution in [0.4, 0.5) is 0 Å². The van der Waals surface area contributed by atoms with Crippen LogP contribution in [0, 0.1) is 11.3 Å². The highest BCUT2D eigenvalue weighted by molar-refractivity contribution is 6.30. The molecule has 0 radical (unpaired) electrons. The molecule has 4 aromatic rings. The number of esters is 1. The van der Waals surface area contributed by atoms with Crippen molar-refractivity contribution in [1.82, 2.24) is 14.1 Å². The number of carbonyl (C=O) groups is 1. The van der Waals surface area contributed by atoms with E-state index in [1.54, 1.807) is 35.9 Å². The van der Waals surface area contributed by atoms with Gasteiger partial charge in [0.05, 0.1) is 41.4 Å². The zero-order valence-electron chi connectivity index (χ0n) is 17.7. The quantitative estimate of drug-likeness (QED) is 0.372. The van der Waals surface area contributed by atoms with Gasteiger partial charge in [0.25, 0.3) is 6.01 Å². The number of nitriles is 1. The van der Waals surface area contributed by atoms with Crippen LogP contribution in [0.1, 0.15) is 35.5 Å². The Kier molecular flexibility index (Phi) is 6.15. The summed E-state index contributed by atoms with van der Waals surface area (Å²) >= 11 is 6.05. The lowest BCUT2D eigenvalue weighted by Crippen LogP contribution is -2.10. The summed E-state index contributed by atoms with van der Waals surface area (Å²) in [6.45, 7) is 4.84. The van der Waals surface area contributed by atoms with Crippen LogP contribution in [-0.4, -0.2) is 33.3 Å². The van der Waals surface area contributed by atoms with E-state index in [0.717, 1.165) is 11.3 Å². The predicted octanol–water partition coefficient (Wildman–Crippen LogP) is 4.98. The van der Waals surface area contributed by atoms with Crippen molar-refractivity contribution < 1.29 is 14.3 Å². The summed E-state index contributed by atoms with van der Waals surface area (Å²) in [5.41, 5.74) is 4.04. The van der Waals surface area contributed by atoms with Gasteiger partial charge in [0, 0.05) is 11.9 Å². The number of fused-ring (bicyclic) bond motifs is 1. The molecule has 162 valence electrons. The van der Waals surface area contributed by atoms with Crippen molar-refractivity contribution in [3.8, 4) is 17.8 Å². The molecule has 0 N–H and O–H groups in total. The van der Waals surface area contributed by atoms with E-state index >= 15 is 0 Å². The van der Waals surface area contributed by atoms with Crippen molar-refractivity contribution in [2.24, 2.45) is 0 Å². The number of imidazole rings is 1. The molecule has 0 fully saturated rings. The largest absolute Gasteiger partial charge is 0.465 e. The molecule has 2 aromatic carbocycles. The predicted molar refractivity (Wildman–Crippen MR) is 121 cm³/mol. The third-order valence-corrected chi connectivity index (χ3v) is 5.16. The van der Waals surface area contributed by atoms with Crippen LogP contribution >= 0.6 is 11.6 Å². The van der Waals surface area contributed by atoms with Crippen LogP contribution in [0.3, 0.4) is 0 Å². The standard InChI is InChI=1S/C24H21ClN4O3/c1-3-31-23(30)20-6-5-7-21-22(20)29(24(27-21)32-4-2)14-16-8-10-18(11-9-16)28-15-17(25)12-19(28)13-26/h5-12,15H,3-4,14H2,1-2H3. The second kappa shape index (κ2) is 9.16. The smallest absolute Gasteiger partial charge is 0.340 e. The van der Waals surface area contributed by atoms with E-state index in [9.17, 15) is 10.1 Å². The molecular formula is C24H21ClN4O3. The first kappa shape index (κ1) is 21.5. The molecule has 0 saturated heterocycles. The number of halogens is 1. The number of nitrogens with zero attached hydrogens (tertiary/aromatic N) is 4. The number of hydrogen-bond acceptors (Lipinski definition) is 5. The van der Waals surface area contributed by atoms with Gasteiger partial charge in [-0.15, -0.1) is 0 Å². The summed E-state index contributed by atoms with van der Waals surface area (Å²) < 4.78 is 14.6. The topological polar surface area (TPSA) is 82.1 Å². The summed E-state index contributed by atoms with van der Waals surface area (Å²) in [5.74, 6) is -0.397. The highest BCUT2D eigenvalue weighted by atomic mass is 35.5. The van der Waals surface area contributed by atoms with Crippen LogP contribution < -0.4 is 4.74 Å². The molecule has 0 aliphatic heterocycles. The Balaban J connectivity index is 1.74. The van der Waals surface area contributed by atoms with Crippen molar-refractivity contribution in [3.63, 3.8) is 0 Å². The van der Waals surface area contributed by atoms with Gasteiger partial charge in [0.1, 0.15) is 11.8 Å². The molecule has 0 saturated carbocycles. The minimum Gasteiger partial charge on any atom is -0.465 e. The third-order valence-electron chi connectivity index (χ3n) is 4.96. The molecule has 0 atom stereocenters. The fourth-order valence-corrected chi connectivity index (χ4v) is 3.80. The maximum atomic E-state index is 12.6.